The largest absolute Gasteiger partial charge is 0.389 e. The molecule has 2 atom stereocenters. The molecule has 1 heterocycles. The summed E-state index contributed by atoms with van der Waals surface area (Å²) < 4.78 is 25.9. The number of sulfonamides is 1. The second kappa shape index (κ2) is 6.41. The quantitative estimate of drug-likeness (QED) is 0.707. The van der Waals surface area contributed by atoms with Crippen LogP contribution in [-0.4, -0.2) is 54.3 Å². The van der Waals surface area contributed by atoms with E-state index in [1.54, 1.807) is 24.3 Å². The molecule has 3 N–H and O–H groups in total. The van der Waals surface area contributed by atoms with Crippen molar-refractivity contribution in [2.75, 3.05) is 13.1 Å². The van der Waals surface area contributed by atoms with Gasteiger partial charge in [0.1, 0.15) is 0 Å². The summed E-state index contributed by atoms with van der Waals surface area (Å²) >= 11 is 0. The van der Waals surface area contributed by atoms with Gasteiger partial charge in [0.25, 0.3) is 0 Å². The first-order valence-electron chi connectivity index (χ1n) is 6.99. The highest BCUT2D eigenvalue weighted by Crippen LogP contribution is 2.21. The van der Waals surface area contributed by atoms with E-state index in [1.807, 2.05) is 13.8 Å². The highest BCUT2D eigenvalue weighted by atomic mass is 32.2. The van der Waals surface area contributed by atoms with Crippen molar-refractivity contribution < 1.29 is 18.6 Å². The van der Waals surface area contributed by atoms with E-state index in [0.29, 0.717) is 12.6 Å². The van der Waals surface area contributed by atoms with Gasteiger partial charge in [-0.1, -0.05) is 26.0 Å². The molecule has 7 heteroatoms. The maximum atomic E-state index is 12.4. The van der Waals surface area contributed by atoms with Gasteiger partial charge in [0.2, 0.25) is 10.0 Å². The number of nitrogens with one attached hydrogen (secondary N) is 1. The molecule has 0 amide bonds. The van der Waals surface area contributed by atoms with Crippen LogP contribution in [0.25, 0.3) is 0 Å². The lowest BCUT2D eigenvalue weighted by Gasteiger charge is -2.16. The fourth-order valence-electron chi connectivity index (χ4n) is 2.18. The van der Waals surface area contributed by atoms with Crippen molar-refractivity contribution in [3.63, 3.8) is 0 Å². The zero-order valence-corrected chi connectivity index (χ0v) is 13.0. The van der Waals surface area contributed by atoms with Crippen LogP contribution in [0.4, 0.5) is 0 Å². The Morgan fingerprint density at radius 1 is 1.19 bits per heavy atom. The van der Waals surface area contributed by atoms with Gasteiger partial charge in [-0.3, -0.25) is 0 Å². The molecule has 118 valence electrons. The lowest BCUT2D eigenvalue weighted by Crippen LogP contribution is -2.30. The van der Waals surface area contributed by atoms with Crippen LogP contribution in [0.5, 0.6) is 0 Å². The highest BCUT2D eigenvalue weighted by molar-refractivity contribution is 7.89. The normalized spacial score (nSPS) is 23.9. The van der Waals surface area contributed by atoms with Gasteiger partial charge in [-0.05, 0) is 17.7 Å². The van der Waals surface area contributed by atoms with Crippen molar-refractivity contribution in [3.05, 3.63) is 29.8 Å². The molecule has 6 nitrogen and oxygen atoms in total. The fraction of sp³-hybridized carbons (Fsp3) is 0.571. The summed E-state index contributed by atoms with van der Waals surface area (Å²) in [5.74, 6) is 0. The van der Waals surface area contributed by atoms with Crippen molar-refractivity contribution in [2.45, 2.75) is 43.5 Å². The number of aliphatic hydroxyl groups excluding tert-OH is 2. The minimum Gasteiger partial charge on any atom is -0.389 e. The molecule has 2 unspecified atom stereocenters. The van der Waals surface area contributed by atoms with Crippen LogP contribution in [0.2, 0.25) is 0 Å². The van der Waals surface area contributed by atoms with Gasteiger partial charge in [0.15, 0.2) is 0 Å². The summed E-state index contributed by atoms with van der Waals surface area (Å²) in [5.41, 5.74) is 1.00. The van der Waals surface area contributed by atoms with E-state index in [9.17, 15) is 18.6 Å². The summed E-state index contributed by atoms with van der Waals surface area (Å²) in [4.78, 5) is 0.178. The summed E-state index contributed by atoms with van der Waals surface area (Å²) in [6.45, 7) is 4.63. The second-order valence-corrected chi connectivity index (χ2v) is 7.57. The van der Waals surface area contributed by atoms with Crippen LogP contribution >= 0.6 is 0 Å². The van der Waals surface area contributed by atoms with E-state index >= 15 is 0 Å². The standard InChI is InChI=1S/C14H22N2O4S/c1-10(2)15-7-11-3-5-12(6-4-11)21(19,20)16-8-13(17)14(18)9-16/h3-6,10,13-15,17-18H,7-9H2,1-2H3. The lowest BCUT2D eigenvalue weighted by atomic mass is 10.2. The number of aliphatic hydroxyl groups is 2. The smallest absolute Gasteiger partial charge is 0.243 e. The van der Waals surface area contributed by atoms with Crippen LogP contribution in [0.3, 0.4) is 0 Å². The molecule has 21 heavy (non-hydrogen) atoms. The summed E-state index contributed by atoms with van der Waals surface area (Å²) in [7, 11) is -3.66. The van der Waals surface area contributed by atoms with E-state index < -0.39 is 22.2 Å². The first kappa shape index (κ1) is 16.4. The number of β-amino-alcohol motifs (C(OH)–C–C–N with tert-alkyl or cyclic N) is 2. The Kier molecular flexibility index (Phi) is 5.00. The zero-order chi connectivity index (χ0) is 15.6. The maximum Gasteiger partial charge on any atom is 0.243 e. The molecule has 0 radical (unpaired) electrons. The van der Waals surface area contributed by atoms with Crippen molar-refractivity contribution in [3.8, 4) is 0 Å². The molecule has 1 aromatic carbocycles. The molecule has 1 aliphatic rings. The van der Waals surface area contributed by atoms with Crippen molar-refractivity contribution in [2.24, 2.45) is 0 Å². The van der Waals surface area contributed by atoms with Crippen molar-refractivity contribution in [1.29, 1.82) is 0 Å². The van der Waals surface area contributed by atoms with Crippen LogP contribution in [0, 0.1) is 0 Å². The van der Waals surface area contributed by atoms with Gasteiger partial charge in [-0.25, -0.2) is 8.42 Å². The van der Waals surface area contributed by atoms with Gasteiger partial charge >= 0.3 is 0 Å². The molecule has 0 bridgehead atoms. The number of rotatable bonds is 5. The topological polar surface area (TPSA) is 89.9 Å². The summed E-state index contributed by atoms with van der Waals surface area (Å²) in [6.07, 6.45) is -2.04. The van der Waals surface area contributed by atoms with Crippen molar-refractivity contribution >= 4 is 10.0 Å². The van der Waals surface area contributed by atoms with E-state index in [1.165, 1.54) is 0 Å². The number of hydrogen-bond acceptors (Lipinski definition) is 5. The van der Waals surface area contributed by atoms with Crippen LogP contribution in [-0.2, 0) is 16.6 Å². The Morgan fingerprint density at radius 3 is 2.19 bits per heavy atom. The zero-order valence-electron chi connectivity index (χ0n) is 12.2. The molecule has 2 rings (SSSR count). The first-order chi connectivity index (χ1) is 9.80. The third-order valence-electron chi connectivity index (χ3n) is 3.50. The maximum absolute atomic E-state index is 12.4. The van der Waals surface area contributed by atoms with E-state index in [0.717, 1.165) is 9.87 Å². The van der Waals surface area contributed by atoms with Crippen molar-refractivity contribution in [1.82, 2.24) is 9.62 Å². The minimum absolute atomic E-state index is 0.0693. The molecule has 0 aromatic heterocycles. The Morgan fingerprint density at radius 2 is 1.71 bits per heavy atom. The van der Waals surface area contributed by atoms with Gasteiger partial charge in [-0.15, -0.1) is 0 Å². The average Bonchev–Trinajstić information content (AvgIpc) is 2.77. The average molecular weight is 314 g/mol. The van der Waals surface area contributed by atoms with E-state index in [2.05, 4.69) is 5.32 Å². The number of benzene rings is 1. The number of nitrogens with zero attached hydrogens (tertiary/aromatic N) is 1. The first-order valence-corrected chi connectivity index (χ1v) is 8.43. The molecule has 0 spiro atoms. The SMILES string of the molecule is CC(C)NCc1ccc(S(=O)(=O)N2CC(O)C(O)C2)cc1. The fourth-order valence-corrected chi connectivity index (χ4v) is 3.66. The van der Waals surface area contributed by atoms with Crippen LogP contribution < -0.4 is 5.32 Å². The predicted octanol–water partition coefficient (Wildman–Crippen LogP) is -0.0893. The molecule has 0 saturated carbocycles. The summed E-state index contributed by atoms with van der Waals surface area (Å²) in [5, 5.41) is 22.2. The van der Waals surface area contributed by atoms with E-state index in [-0.39, 0.29) is 18.0 Å². The summed E-state index contributed by atoms with van der Waals surface area (Å²) in [6, 6.07) is 7.02. The van der Waals surface area contributed by atoms with Crippen LogP contribution in [0.15, 0.2) is 29.2 Å². The molecule has 0 aliphatic carbocycles. The number of hydrogen-bond donors (Lipinski definition) is 3. The third-order valence-corrected chi connectivity index (χ3v) is 5.35. The molecular weight excluding hydrogens is 292 g/mol. The monoisotopic (exact) mass is 314 g/mol. The van der Waals surface area contributed by atoms with Gasteiger partial charge in [0.05, 0.1) is 17.1 Å². The highest BCUT2D eigenvalue weighted by Gasteiger charge is 2.37. The Bertz CT molecular complexity index is 561. The van der Waals surface area contributed by atoms with Crippen LogP contribution in [0.1, 0.15) is 19.4 Å². The van der Waals surface area contributed by atoms with Gasteiger partial charge in [-0.2, -0.15) is 4.31 Å². The molecule has 1 saturated heterocycles. The predicted molar refractivity (Wildman–Crippen MR) is 79.2 cm³/mol. The third kappa shape index (κ3) is 3.81. The molecular formula is C14H22N2O4S. The van der Waals surface area contributed by atoms with E-state index in [4.69, 9.17) is 0 Å². The molecule has 1 aromatic rings. The second-order valence-electron chi connectivity index (χ2n) is 5.64. The van der Waals surface area contributed by atoms with Gasteiger partial charge in [0, 0.05) is 25.7 Å². The van der Waals surface area contributed by atoms with Gasteiger partial charge < -0.3 is 15.5 Å². The minimum atomic E-state index is -3.66. The Labute approximate surface area is 125 Å². The Hall–Kier alpha value is -0.990. The molecule has 1 fully saturated rings. The Balaban J connectivity index is 2.10. The lowest BCUT2D eigenvalue weighted by molar-refractivity contribution is 0.0572. The molecule has 1 aliphatic heterocycles.